The summed E-state index contributed by atoms with van der Waals surface area (Å²) >= 11 is 3.40. The van der Waals surface area contributed by atoms with E-state index >= 15 is 0 Å². The van der Waals surface area contributed by atoms with Gasteiger partial charge in [-0.1, -0.05) is 0 Å². The fourth-order valence-corrected chi connectivity index (χ4v) is 1.80. The average Bonchev–Trinajstić information content (AvgIpc) is 2.11. The van der Waals surface area contributed by atoms with Crippen molar-refractivity contribution >= 4 is 15.9 Å². The summed E-state index contributed by atoms with van der Waals surface area (Å²) < 4.78 is 6.08. The largest absolute Gasteiger partial charge is 0.496 e. The van der Waals surface area contributed by atoms with E-state index in [1.807, 2.05) is 19.1 Å². The average molecular weight is 245 g/mol. The van der Waals surface area contributed by atoms with Crippen LogP contribution in [0.15, 0.2) is 16.6 Å². The molecule has 0 saturated carbocycles. The molecule has 0 amide bonds. The Balaban J connectivity index is 3.05. The maximum absolute atomic E-state index is 8.81. The lowest BCUT2D eigenvalue weighted by atomic mass is 10.1. The molecular formula is C10H13BrO2. The predicted octanol–water partition coefficient (Wildman–Crippen LogP) is 2.30. The van der Waals surface area contributed by atoms with E-state index < -0.39 is 0 Å². The lowest BCUT2D eigenvalue weighted by Gasteiger charge is -2.09. The van der Waals surface area contributed by atoms with Crippen molar-refractivity contribution in [2.24, 2.45) is 0 Å². The second kappa shape index (κ2) is 4.63. The lowest BCUT2D eigenvalue weighted by Crippen LogP contribution is -1.95. The second-order valence-corrected chi connectivity index (χ2v) is 3.74. The summed E-state index contributed by atoms with van der Waals surface area (Å²) in [5.41, 5.74) is 2.30. The predicted molar refractivity (Wildman–Crippen MR) is 56.2 cm³/mol. The Bertz CT molecular complexity index is 297. The van der Waals surface area contributed by atoms with E-state index in [0.717, 1.165) is 21.3 Å². The quantitative estimate of drug-likeness (QED) is 0.885. The zero-order valence-corrected chi connectivity index (χ0v) is 9.39. The summed E-state index contributed by atoms with van der Waals surface area (Å²) in [6.45, 7) is 2.19. The smallest absolute Gasteiger partial charge is 0.133 e. The van der Waals surface area contributed by atoms with Crippen molar-refractivity contribution in [2.45, 2.75) is 13.3 Å². The number of hydrogen-bond donors (Lipinski definition) is 1. The van der Waals surface area contributed by atoms with Gasteiger partial charge in [-0.05, 0) is 52.5 Å². The van der Waals surface area contributed by atoms with Gasteiger partial charge in [0.25, 0.3) is 0 Å². The summed E-state index contributed by atoms with van der Waals surface area (Å²) in [6.07, 6.45) is 0.689. The first-order valence-electron chi connectivity index (χ1n) is 4.13. The van der Waals surface area contributed by atoms with Gasteiger partial charge >= 0.3 is 0 Å². The van der Waals surface area contributed by atoms with E-state index in [2.05, 4.69) is 15.9 Å². The maximum Gasteiger partial charge on any atom is 0.133 e. The molecule has 1 aromatic carbocycles. The van der Waals surface area contributed by atoms with Crippen LogP contribution in [0, 0.1) is 6.92 Å². The molecule has 0 unspecified atom stereocenters. The summed E-state index contributed by atoms with van der Waals surface area (Å²) in [4.78, 5) is 0. The molecule has 2 nitrogen and oxygen atoms in total. The Hall–Kier alpha value is -0.540. The minimum absolute atomic E-state index is 0.180. The molecule has 1 N–H and O–H groups in total. The minimum Gasteiger partial charge on any atom is -0.496 e. The van der Waals surface area contributed by atoms with Gasteiger partial charge in [-0.2, -0.15) is 0 Å². The van der Waals surface area contributed by atoms with Crippen LogP contribution in [0.2, 0.25) is 0 Å². The van der Waals surface area contributed by atoms with Crippen LogP contribution < -0.4 is 4.74 Å². The van der Waals surface area contributed by atoms with E-state index in [-0.39, 0.29) is 6.61 Å². The molecule has 1 aromatic rings. The lowest BCUT2D eigenvalue weighted by molar-refractivity contribution is 0.299. The van der Waals surface area contributed by atoms with E-state index in [0.29, 0.717) is 6.42 Å². The van der Waals surface area contributed by atoms with Crippen LogP contribution in [0.25, 0.3) is 0 Å². The molecule has 3 heteroatoms. The van der Waals surface area contributed by atoms with Gasteiger partial charge in [-0.3, -0.25) is 0 Å². The highest BCUT2D eigenvalue weighted by Gasteiger charge is 2.04. The number of aliphatic hydroxyl groups excluding tert-OH is 1. The molecule has 0 saturated heterocycles. The SMILES string of the molecule is COc1cc(C)c(CCO)cc1Br. The molecule has 0 bridgehead atoms. The Kier molecular flexibility index (Phi) is 3.75. The molecule has 0 aromatic heterocycles. The zero-order valence-electron chi connectivity index (χ0n) is 7.80. The minimum atomic E-state index is 0.180. The Morgan fingerprint density at radius 1 is 1.46 bits per heavy atom. The molecule has 0 atom stereocenters. The van der Waals surface area contributed by atoms with Crippen LogP contribution in [0.4, 0.5) is 0 Å². The molecule has 0 fully saturated rings. The molecule has 13 heavy (non-hydrogen) atoms. The van der Waals surface area contributed by atoms with Crippen LogP contribution in [-0.4, -0.2) is 18.8 Å². The molecule has 0 heterocycles. The standard InChI is InChI=1S/C10H13BrO2/c1-7-5-10(13-2)9(11)6-8(7)3-4-12/h5-6,12H,3-4H2,1-2H3. The van der Waals surface area contributed by atoms with E-state index in [1.54, 1.807) is 7.11 Å². The van der Waals surface area contributed by atoms with Crippen molar-refractivity contribution in [3.63, 3.8) is 0 Å². The second-order valence-electron chi connectivity index (χ2n) is 2.89. The molecular weight excluding hydrogens is 232 g/mol. The first-order valence-corrected chi connectivity index (χ1v) is 4.92. The first kappa shape index (κ1) is 10.5. The van der Waals surface area contributed by atoms with E-state index in [1.165, 1.54) is 0 Å². The monoisotopic (exact) mass is 244 g/mol. The number of hydrogen-bond acceptors (Lipinski definition) is 2. The number of rotatable bonds is 3. The van der Waals surface area contributed by atoms with Crippen molar-refractivity contribution in [3.05, 3.63) is 27.7 Å². The third-order valence-corrected chi connectivity index (χ3v) is 2.61. The van der Waals surface area contributed by atoms with Gasteiger partial charge in [-0.15, -0.1) is 0 Å². The molecule has 0 aliphatic rings. The molecule has 0 spiro atoms. The zero-order chi connectivity index (χ0) is 9.84. The van der Waals surface area contributed by atoms with Crippen LogP contribution in [0.1, 0.15) is 11.1 Å². The van der Waals surface area contributed by atoms with Gasteiger partial charge in [0.05, 0.1) is 11.6 Å². The third-order valence-electron chi connectivity index (χ3n) is 1.99. The van der Waals surface area contributed by atoms with Crippen molar-refractivity contribution in [2.75, 3.05) is 13.7 Å². The maximum atomic E-state index is 8.81. The van der Waals surface area contributed by atoms with Gasteiger partial charge < -0.3 is 9.84 Å². The number of benzene rings is 1. The van der Waals surface area contributed by atoms with Crippen molar-refractivity contribution < 1.29 is 9.84 Å². The highest BCUT2D eigenvalue weighted by molar-refractivity contribution is 9.10. The van der Waals surface area contributed by atoms with Crippen LogP contribution >= 0.6 is 15.9 Å². The Labute approximate surface area is 86.7 Å². The number of aryl methyl sites for hydroxylation is 1. The number of aliphatic hydroxyl groups is 1. The highest BCUT2D eigenvalue weighted by Crippen LogP contribution is 2.28. The first-order chi connectivity index (χ1) is 6.19. The summed E-state index contributed by atoms with van der Waals surface area (Å²) in [6, 6.07) is 3.96. The van der Waals surface area contributed by atoms with Crippen molar-refractivity contribution in [1.82, 2.24) is 0 Å². The van der Waals surface area contributed by atoms with Gasteiger partial charge in [0.15, 0.2) is 0 Å². The molecule has 0 aliphatic heterocycles. The molecule has 1 rings (SSSR count). The number of ether oxygens (including phenoxy) is 1. The van der Waals surface area contributed by atoms with Gasteiger partial charge in [0, 0.05) is 6.61 Å². The van der Waals surface area contributed by atoms with Gasteiger partial charge in [-0.25, -0.2) is 0 Å². The number of methoxy groups -OCH3 is 1. The topological polar surface area (TPSA) is 29.5 Å². The van der Waals surface area contributed by atoms with Crippen LogP contribution in [0.3, 0.4) is 0 Å². The number of halogens is 1. The van der Waals surface area contributed by atoms with Gasteiger partial charge in [0.1, 0.15) is 5.75 Å². The molecule has 72 valence electrons. The Morgan fingerprint density at radius 3 is 2.69 bits per heavy atom. The fraction of sp³-hybridized carbons (Fsp3) is 0.400. The van der Waals surface area contributed by atoms with Crippen molar-refractivity contribution in [1.29, 1.82) is 0 Å². The summed E-state index contributed by atoms with van der Waals surface area (Å²) in [5, 5.41) is 8.81. The third kappa shape index (κ3) is 2.45. The summed E-state index contributed by atoms with van der Waals surface area (Å²) in [7, 11) is 1.64. The Morgan fingerprint density at radius 2 is 2.15 bits per heavy atom. The normalized spacial score (nSPS) is 10.2. The molecule has 0 aliphatic carbocycles. The van der Waals surface area contributed by atoms with E-state index in [4.69, 9.17) is 9.84 Å². The van der Waals surface area contributed by atoms with Crippen molar-refractivity contribution in [3.8, 4) is 5.75 Å². The highest BCUT2D eigenvalue weighted by atomic mass is 79.9. The summed E-state index contributed by atoms with van der Waals surface area (Å²) in [5.74, 6) is 0.833. The molecule has 0 radical (unpaired) electrons. The van der Waals surface area contributed by atoms with Crippen LogP contribution in [0.5, 0.6) is 5.75 Å². The van der Waals surface area contributed by atoms with Crippen LogP contribution in [-0.2, 0) is 6.42 Å². The van der Waals surface area contributed by atoms with E-state index in [9.17, 15) is 0 Å². The fourth-order valence-electron chi connectivity index (χ4n) is 1.24. The van der Waals surface area contributed by atoms with Gasteiger partial charge in [0.2, 0.25) is 0 Å².